The van der Waals surface area contributed by atoms with Gasteiger partial charge in [0.2, 0.25) is 0 Å². The van der Waals surface area contributed by atoms with Crippen LogP contribution >= 0.6 is 0 Å². The second-order valence-corrected chi connectivity index (χ2v) is 8.67. The van der Waals surface area contributed by atoms with E-state index in [1.807, 2.05) is 36.1 Å². The van der Waals surface area contributed by atoms with E-state index in [0.29, 0.717) is 56.3 Å². The Morgan fingerprint density at radius 3 is 2.47 bits per heavy atom. The topological polar surface area (TPSA) is 113 Å². The van der Waals surface area contributed by atoms with E-state index in [4.69, 9.17) is 14.7 Å². The molecule has 1 fully saturated rings. The van der Waals surface area contributed by atoms with Crippen molar-refractivity contribution in [2.24, 2.45) is 0 Å². The molecule has 0 atom stereocenters. The van der Waals surface area contributed by atoms with Crippen molar-refractivity contribution in [1.29, 1.82) is 0 Å². The molecule has 0 aliphatic carbocycles. The van der Waals surface area contributed by atoms with Gasteiger partial charge >= 0.3 is 6.03 Å². The Morgan fingerprint density at radius 1 is 1.00 bits per heavy atom. The van der Waals surface area contributed by atoms with Gasteiger partial charge in [-0.1, -0.05) is 0 Å². The number of hydrogen-bond acceptors (Lipinski definition) is 7. The summed E-state index contributed by atoms with van der Waals surface area (Å²) in [6, 6.07) is 10.8. The standard InChI is InChI=1S/C26H29N7O3/c1-2-28-26(35)29-20-5-3-18(4-6-20)23-30-22-9-12-33(25(34)19-7-10-27-11-8-19)17-21(22)24(31-23)32-13-15-36-16-14-32/h3-8,10-11H,2,9,12-17H2,1H3,(H2,28,29,35). The van der Waals surface area contributed by atoms with Gasteiger partial charge in [0.1, 0.15) is 5.82 Å². The molecule has 10 nitrogen and oxygen atoms in total. The molecule has 2 aliphatic rings. The maximum atomic E-state index is 13.1. The fraction of sp³-hybridized carbons (Fsp3) is 0.346. The molecular formula is C26H29N7O3. The van der Waals surface area contributed by atoms with Crippen LogP contribution in [0.4, 0.5) is 16.3 Å². The molecule has 5 rings (SSSR count). The number of nitrogens with one attached hydrogen (secondary N) is 2. The minimum Gasteiger partial charge on any atom is -0.378 e. The van der Waals surface area contributed by atoms with Gasteiger partial charge in [-0.2, -0.15) is 0 Å². The SMILES string of the molecule is CCNC(=O)Nc1ccc(-c2nc3c(c(N4CCOCC4)n2)CN(C(=O)c2ccncc2)CC3)cc1. The first-order chi connectivity index (χ1) is 17.6. The minimum atomic E-state index is -0.240. The van der Waals surface area contributed by atoms with E-state index < -0.39 is 0 Å². The number of nitrogens with zero attached hydrogens (tertiary/aromatic N) is 5. The summed E-state index contributed by atoms with van der Waals surface area (Å²) in [6.45, 7) is 6.20. The van der Waals surface area contributed by atoms with Crippen LogP contribution in [0.2, 0.25) is 0 Å². The van der Waals surface area contributed by atoms with Gasteiger partial charge < -0.3 is 25.2 Å². The lowest BCUT2D eigenvalue weighted by Gasteiger charge is -2.34. The zero-order valence-electron chi connectivity index (χ0n) is 20.2. The number of rotatable bonds is 5. The molecule has 1 aromatic carbocycles. The van der Waals surface area contributed by atoms with E-state index in [1.54, 1.807) is 24.5 Å². The number of hydrogen-bond donors (Lipinski definition) is 2. The smallest absolute Gasteiger partial charge is 0.319 e. The Balaban J connectivity index is 1.45. The summed E-state index contributed by atoms with van der Waals surface area (Å²) in [6.07, 6.45) is 3.92. The number of morpholine rings is 1. The number of benzene rings is 1. The largest absolute Gasteiger partial charge is 0.378 e. The predicted octanol–water partition coefficient (Wildman–Crippen LogP) is 2.72. The van der Waals surface area contributed by atoms with E-state index in [1.165, 1.54) is 0 Å². The summed E-state index contributed by atoms with van der Waals surface area (Å²) in [5.41, 5.74) is 4.14. The number of carbonyl (C=O) groups is 2. The third-order valence-corrected chi connectivity index (χ3v) is 6.30. The van der Waals surface area contributed by atoms with Crippen LogP contribution in [0.15, 0.2) is 48.8 Å². The lowest BCUT2D eigenvalue weighted by Crippen LogP contribution is -2.41. The molecule has 4 heterocycles. The number of aromatic nitrogens is 3. The zero-order chi connectivity index (χ0) is 24.9. The van der Waals surface area contributed by atoms with Crippen molar-refractivity contribution in [2.75, 3.05) is 49.6 Å². The predicted molar refractivity (Wildman–Crippen MR) is 136 cm³/mol. The lowest BCUT2D eigenvalue weighted by molar-refractivity contribution is 0.0733. The van der Waals surface area contributed by atoms with Gasteiger partial charge in [0.05, 0.1) is 25.5 Å². The molecule has 2 N–H and O–H groups in total. The summed E-state index contributed by atoms with van der Waals surface area (Å²) >= 11 is 0. The lowest BCUT2D eigenvalue weighted by atomic mass is 10.0. The maximum Gasteiger partial charge on any atom is 0.319 e. The van der Waals surface area contributed by atoms with Crippen molar-refractivity contribution in [1.82, 2.24) is 25.2 Å². The normalized spacial score (nSPS) is 15.2. The Labute approximate surface area is 209 Å². The van der Waals surface area contributed by atoms with Crippen molar-refractivity contribution in [3.05, 3.63) is 65.6 Å². The molecule has 2 aliphatic heterocycles. The van der Waals surface area contributed by atoms with E-state index in [0.717, 1.165) is 35.7 Å². The summed E-state index contributed by atoms with van der Waals surface area (Å²) in [4.78, 5) is 42.9. The Hall–Kier alpha value is -4.05. The molecule has 3 amide bonds. The summed E-state index contributed by atoms with van der Waals surface area (Å²) in [5.74, 6) is 1.47. The maximum absolute atomic E-state index is 13.1. The monoisotopic (exact) mass is 487 g/mol. The average molecular weight is 488 g/mol. The Morgan fingerprint density at radius 2 is 1.75 bits per heavy atom. The highest BCUT2D eigenvalue weighted by molar-refractivity contribution is 5.94. The van der Waals surface area contributed by atoms with Gasteiger partial charge in [0.15, 0.2) is 5.82 Å². The third-order valence-electron chi connectivity index (χ3n) is 6.30. The van der Waals surface area contributed by atoms with Gasteiger partial charge in [0.25, 0.3) is 5.91 Å². The number of ether oxygens (including phenoxy) is 1. The number of anilines is 2. The van der Waals surface area contributed by atoms with E-state index >= 15 is 0 Å². The fourth-order valence-electron chi connectivity index (χ4n) is 4.45. The van der Waals surface area contributed by atoms with Crippen LogP contribution in [0.5, 0.6) is 0 Å². The van der Waals surface area contributed by atoms with Crippen LogP contribution < -0.4 is 15.5 Å². The number of fused-ring (bicyclic) bond motifs is 1. The van der Waals surface area contributed by atoms with Crippen molar-refractivity contribution in [2.45, 2.75) is 19.9 Å². The van der Waals surface area contributed by atoms with Gasteiger partial charge in [-0.15, -0.1) is 0 Å². The summed E-state index contributed by atoms with van der Waals surface area (Å²) in [7, 11) is 0. The van der Waals surface area contributed by atoms with Crippen molar-refractivity contribution in [3.63, 3.8) is 0 Å². The van der Waals surface area contributed by atoms with E-state index in [-0.39, 0.29) is 11.9 Å². The average Bonchev–Trinajstić information content (AvgIpc) is 2.93. The highest BCUT2D eigenvalue weighted by Gasteiger charge is 2.29. The first kappa shape index (κ1) is 23.7. The van der Waals surface area contributed by atoms with Gasteiger partial charge in [0, 0.05) is 67.4 Å². The first-order valence-corrected chi connectivity index (χ1v) is 12.2. The molecule has 186 valence electrons. The third kappa shape index (κ3) is 5.13. The molecule has 1 saturated heterocycles. The molecule has 2 aromatic heterocycles. The van der Waals surface area contributed by atoms with E-state index in [2.05, 4.69) is 20.5 Å². The van der Waals surface area contributed by atoms with Gasteiger partial charge in [-0.25, -0.2) is 14.8 Å². The molecular weight excluding hydrogens is 458 g/mol. The number of carbonyl (C=O) groups excluding carboxylic acids is 2. The molecule has 0 saturated carbocycles. The summed E-state index contributed by atoms with van der Waals surface area (Å²) < 4.78 is 5.56. The molecule has 3 aromatic rings. The zero-order valence-corrected chi connectivity index (χ0v) is 20.2. The van der Waals surface area contributed by atoms with Crippen molar-refractivity contribution < 1.29 is 14.3 Å². The molecule has 0 spiro atoms. The molecule has 10 heteroatoms. The molecule has 0 radical (unpaired) electrons. The molecule has 0 unspecified atom stereocenters. The van der Waals surface area contributed by atoms with Gasteiger partial charge in [-0.05, 0) is 43.3 Å². The van der Waals surface area contributed by atoms with Gasteiger partial charge in [-0.3, -0.25) is 9.78 Å². The van der Waals surface area contributed by atoms with Crippen LogP contribution in [0.1, 0.15) is 28.5 Å². The van der Waals surface area contributed by atoms with E-state index in [9.17, 15) is 9.59 Å². The number of urea groups is 1. The second-order valence-electron chi connectivity index (χ2n) is 8.67. The highest BCUT2D eigenvalue weighted by atomic mass is 16.5. The number of pyridine rings is 1. The second kappa shape index (κ2) is 10.7. The van der Waals surface area contributed by atoms with Crippen LogP contribution in [0.25, 0.3) is 11.4 Å². The number of amides is 3. The fourth-order valence-corrected chi connectivity index (χ4v) is 4.45. The summed E-state index contributed by atoms with van der Waals surface area (Å²) in [5, 5.41) is 5.53. The quantitative estimate of drug-likeness (QED) is 0.569. The van der Waals surface area contributed by atoms with Crippen LogP contribution in [-0.2, 0) is 17.7 Å². The minimum absolute atomic E-state index is 0.0183. The molecule has 0 bridgehead atoms. The van der Waals surface area contributed by atoms with Crippen molar-refractivity contribution in [3.8, 4) is 11.4 Å². The molecule has 36 heavy (non-hydrogen) atoms. The van der Waals surface area contributed by atoms with Crippen LogP contribution in [0, 0.1) is 0 Å². The Bertz CT molecular complexity index is 1230. The van der Waals surface area contributed by atoms with Crippen LogP contribution in [0.3, 0.4) is 0 Å². The highest BCUT2D eigenvalue weighted by Crippen LogP contribution is 2.31. The van der Waals surface area contributed by atoms with Crippen molar-refractivity contribution >= 4 is 23.4 Å². The Kier molecular flexibility index (Phi) is 7.03. The first-order valence-electron chi connectivity index (χ1n) is 12.2. The van der Waals surface area contributed by atoms with Crippen LogP contribution in [-0.4, -0.2) is 71.2 Å².